The average Bonchev–Trinajstić information content (AvgIpc) is 3.16. The van der Waals surface area contributed by atoms with E-state index in [1.165, 1.54) is 11.8 Å². The van der Waals surface area contributed by atoms with E-state index in [0.717, 1.165) is 33.6 Å². The van der Waals surface area contributed by atoms with Gasteiger partial charge in [0.15, 0.2) is 5.16 Å². The quantitative estimate of drug-likeness (QED) is 0.364. The van der Waals surface area contributed by atoms with E-state index in [2.05, 4.69) is 15.0 Å². The molecule has 4 rings (SSSR count). The topological polar surface area (TPSA) is 98.8 Å². The second kappa shape index (κ2) is 11.1. The number of H-pyrrole nitrogens is 1. The van der Waals surface area contributed by atoms with Crippen LogP contribution < -0.4 is 9.47 Å². The Kier molecular flexibility index (Phi) is 7.91. The van der Waals surface area contributed by atoms with Gasteiger partial charge in [-0.05, 0) is 36.9 Å². The smallest absolute Gasteiger partial charge is 0.227 e. The van der Waals surface area contributed by atoms with E-state index in [-0.39, 0.29) is 12.0 Å². The van der Waals surface area contributed by atoms with Gasteiger partial charge in [0.25, 0.3) is 0 Å². The zero-order valence-corrected chi connectivity index (χ0v) is 20.7. The fourth-order valence-electron chi connectivity index (χ4n) is 4.04. The van der Waals surface area contributed by atoms with Gasteiger partial charge in [0.1, 0.15) is 18.5 Å². The van der Waals surface area contributed by atoms with E-state index in [1.807, 2.05) is 36.3 Å². The van der Waals surface area contributed by atoms with Gasteiger partial charge in [0, 0.05) is 36.3 Å². The van der Waals surface area contributed by atoms with Crippen molar-refractivity contribution < 1.29 is 23.7 Å². The van der Waals surface area contributed by atoms with Crippen molar-refractivity contribution in [3.8, 4) is 11.6 Å². The molecule has 1 fully saturated rings. The number of aromatic nitrogens is 3. The number of methoxy groups -OCH3 is 2. The van der Waals surface area contributed by atoms with Crippen LogP contribution in [0.1, 0.15) is 17.0 Å². The number of carbonyl (C=O) groups excluding carboxylic acids is 1. The van der Waals surface area contributed by atoms with Gasteiger partial charge in [-0.2, -0.15) is 4.98 Å². The first-order valence-electron chi connectivity index (χ1n) is 11.1. The normalized spacial score (nSPS) is 16.1. The molecule has 9 nitrogen and oxygen atoms in total. The van der Waals surface area contributed by atoms with Gasteiger partial charge in [0.05, 0.1) is 39.0 Å². The Morgan fingerprint density at radius 2 is 2.15 bits per heavy atom. The number of nitrogens with zero attached hydrogens (tertiary/aromatic N) is 3. The third-order valence-corrected chi connectivity index (χ3v) is 6.32. The van der Waals surface area contributed by atoms with Crippen LogP contribution in [0.5, 0.6) is 11.6 Å². The number of hydrogen-bond acceptors (Lipinski definition) is 8. The number of aromatic amines is 1. The summed E-state index contributed by atoms with van der Waals surface area (Å²) in [5, 5.41) is 1.63. The summed E-state index contributed by atoms with van der Waals surface area (Å²) in [5.74, 6) is 1.31. The second-order valence-corrected chi connectivity index (χ2v) is 8.85. The summed E-state index contributed by atoms with van der Waals surface area (Å²) in [4.78, 5) is 27.2. The highest BCUT2D eigenvalue weighted by Crippen LogP contribution is 2.27. The minimum Gasteiger partial charge on any atom is -0.497 e. The summed E-state index contributed by atoms with van der Waals surface area (Å²) in [6, 6.07) is 7.63. The Bertz CT molecular complexity index is 1150. The third kappa shape index (κ3) is 5.63. The van der Waals surface area contributed by atoms with Gasteiger partial charge >= 0.3 is 0 Å². The lowest BCUT2D eigenvalue weighted by Crippen LogP contribution is -2.48. The molecule has 34 heavy (non-hydrogen) atoms. The van der Waals surface area contributed by atoms with Crippen LogP contribution in [0.15, 0.2) is 29.4 Å². The zero-order valence-electron chi connectivity index (χ0n) is 19.9. The summed E-state index contributed by atoms with van der Waals surface area (Å²) >= 11 is 1.44. The van der Waals surface area contributed by atoms with Crippen LogP contribution in [0, 0.1) is 6.92 Å². The molecule has 0 aliphatic carbocycles. The fraction of sp³-hybridized carbons (Fsp3) is 0.458. The first-order valence-corrected chi connectivity index (χ1v) is 12.3. The van der Waals surface area contributed by atoms with Crippen LogP contribution in [0.3, 0.4) is 0 Å². The Morgan fingerprint density at radius 3 is 2.91 bits per heavy atom. The molecule has 1 aromatic carbocycles. The number of amides is 1. The molecule has 1 saturated heterocycles. The van der Waals surface area contributed by atoms with E-state index in [4.69, 9.17) is 18.9 Å². The zero-order chi connectivity index (χ0) is 24.1. The van der Waals surface area contributed by atoms with Crippen LogP contribution in [-0.4, -0.2) is 78.6 Å². The Balaban J connectivity index is 1.40. The lowest BCUT2D eigenvalue weighted by atomic mass is 10.1. The molecule has 182 valence electrons. The first kappa shape index (κ1) is 24.3. The molecule has 10 heteroatoms. The van der Waals surface area contributed by atoms with Crippen molar-refractivity contribution in [2.75, 3.05) is 46.8 Å². The molecule has 1 unspecified atom stereocenters. The number of nitrogens with one attached hydrogen (secondary N) is 1. The standard InChI is InChI=1S/C24H30N4O5S/c1-15-19(20-10-17(31-3)5-6-21(20)25-15)11-23(29)28-7-8-32-18(12-28)14-33-22-9-16(13-30-2)26-24(27-22)34-4/h5-6,9-10,18,25H,7-8,11-14H2,1-4H3. The van der Waals surface area contributed by atoms with E-state index in [9.17, 15) is 4.79 Å². The third-order valence-electron chi connectivity index (χ3n) is 5.77. The molecule has 3 heterocycles. The molecule has 1 amide bonds. The van der Waals surface area contributed by atoms with Crippen LogP contribution in [0.4, 0.5) is 0 Å². The SMILES string of the molecule is COCc1cc(OCC2CN(C(=O)Cc3c(C)[nH]c4ccc(OC)cc34)CCO2)nc(SC)n1. The van der Waals surface area contributed by atoms with Crippen molar-refractivity contribution >= 4 is 28.6 Å². The van der Waals surface area contributed by atoms with Crippen LogP contribution in [0.2, 0.25) is 0 Å². The molecule has 2 aromatic heterocycles. The van der Waals surface area contributed by atoms with Gasteiger partial charge in [-0.15, -0.1) is 0 Å². The number of ether oxygens (including phenoxy) is 4. The van der Waals surface area contributed by atoms with Gasteiger partial charge in [-0.3, -0.25) is 4.79 Å². The van der Waals surface area contributed by atoms with Gasteiger partial charge in [-0.25, -0.2) is 4.98 Å². The molecule has 0 spiro atoms. The number of morpholine rings is 1. The van der Waals surface area contributed by atoms with Gasteiger partial charge in [-0.1, -0.05) is 11.8 Å². The highest BCUT2D eigenvalue weighted by Gasteiger charge is 2.26. The molecule has 0 bridgehead atoms. The van der Waals surface area contributed by atoms with Crippen molar-refractivity contribution in [1.82, 2.24) is 19.9 Å². The maximum atomic E-state index is 13.2. The number of thioether (sulfide) groups is 1. The molecule has 1 atom stereocenters. The summed E-state index contributed by atoms with van der Waals surface area (Å²) in [6.45, 7) is 4.16. The number of carbonyl (C=O) groups is 1. The lowest BCUT2D eigenvalue weighted by Gasteiger charge is -2.33. The molecule has 1 aliphatic rings. The van der Waals surface area contributed by atoms with Gasteiger partial charge in [0.2, 0.25) is 11.8 Å². The number of aryl methyl sites for hydroxylation is 1. The fourth-order valence-corrected chi connectivity index (χ4v) is 4.43. The molecular formula is C24H30N4O5S. The van der Waals surface area contributed by atoms with Crippen molar-refractivity contribution in [2.24, 2.45) is 0 Å². The lowest BCUT2D eigenvalue weighted by molar-refractivity contribution is -0.139. The van der Waals surface area contributed by atoms with E-state index in [1.54, 1.807) is 20.3 Å². The minimum absolute atomic E-state index is 0.0641. The number of hydrogen-bond donors (Lipinski definition) is 1. The monoisotopic (exact) mass is 486 g/mol. The molecule has 0 saturated carbocycles. The van der Waals surface area contributed by atoms with Crippen molar-refractivity contribution in [3.05, 3.63) is 41.2 Å². The highest BCUT2D eigenvalue weighted by atomic mass is 32.2. The number of fused-ring (bicyclic) bond motifs is 1. The summed E-state index contributed by atoms with van der Waals surface area (Å²) < 4.78 is 22.3. The summed E-state index contributed by atoms with van der Waals surface area (Å²) in [6.07, 6.45) is 1.99. The largest absolute Gasteiger partial charge is 0.497 e. The molecular weight excluding hydrogens is 456 g/mol. The van der Waals surface area contributed by atoms with E-state index >= 15 is 0 Å². The van der Waals surface area contributed by atoms with Crippen molar-refractivity contribution in [1.29, 1.82) is 0 Å². The summed E-state index contributed by atoms with van der Waals surface area (Å²) in [7, 11) is 3.26. The molecule has 1 N–H and O–H groups in total. The van der Waals surface area contributed by atoms with Crippen molar-refractivity contribution in [2.45, 2.75) is 31.2 Å². The number of rotatable bonds is 9. The van der Waals surface area contributed by atoms with Crippen LogP contribution in [0.25, 0.3) is 10.9 Å². The Morgan fingerprint density at radius 1 is 1.29 bits per heavy atom. The van der Waals surface area contributed by atoms with Crippen LogP contribution >= 0.6 is 11.8 Å². The second-order valence-electron chi connectivity index (χ2n) is 8.08. The predicted octanol–water partition coefficient (Wildman–Crippen LogP) is 2.99. The average molecular weight is 487 g/mol. The predicted molar refractivity (Wildman–Crippen MR) is 130 cm³/mol. The maximum Gasteiger partial charge on any atom is 0.227 e. The Labute approximate surface area is 203 Å². The highest BCUT2D eigenvalue weighted by molar-refractivity contribution is 7.98. The summed E-state index contributed by atoms with van der Waals surface area (Å²) in [5.41, 5.74) is 3.74. The minimum atomic E-state index is -0.236. The maximum absolute atomic E-state index is 13.2. The Hall–Kier alpha value is -2.82. The van der Waals surface area contributed by atoms with Gasteiger partial charge < -0.3 is 28.8 Å². The van der Waals surface area contributed by atoms with Crippen LogP contribution in [-0.2, 0) is 27.3 Å². The number of benzene rings is 1. The first-order chi connectivity index (χ1) is 16.5. The molecule has 0 radical (unpaired) electrons. The van der Waals surface area contributed by atoms with E-state index < -0.39 is 0 Å². The molecule has 3 aromatic rings. The van der Waals surface area contributed by atoms with Crippen molar-refractivity contribution in [3.63, 3.8) is 0 Å². The molecule has 1 aliphatic heterocycles. The van der Waals surface area contributed by atoms with E-state index in [0.29, 0.717) is 50.4 Å².